The van der Waals surface area contributed by atoms with E-state index in [0.717, 1.165) is 20.8 Å². The van der Waals surface area contributed by atoms with Gasteiger partial charge in [-0.2, -0.15) is 11.3 Å². The number of carbonyl (C=O) groups is 1. The molecule has 20 heavy (non-hydrogen) atoms. The van der Waals surface area contributed by atoms with Gasteiger partial charge >= 0.3 is 5.97 Å². The standard InChI is InChI=1S/C13H10N2O2S3/c1-17-13(16)10(8-2-4-18-6-8)20-12-11-9(3-5-19-11)14-7-15-12/h2-7,10H,1H3. The van der Waals surface area contributed by atoms with E-state index in [2.05, 4.69) is 9.97 Å². The molecule has 0 bridgehead atoms. The van der Waals surface area contributed by atoms with Gasteiger partial charge in [-0.15, -0.1) is 11.3 Å². The fourth-order valence-electron chi connectivity index (χ4n) is 1.75. The van der Waals surface area contributed by atoms with Crippen molar-refractivity contribution >= 4 is 50.6 Å². The van der Waals surface area contributed by atoms with Gasteiger partial charge in [0, 0.05) is 0 Å². The van der Waals surface area contributed by atoms with Gasteiger partial charge in [0.1, 0.15) is 16.6 Å². The van der Waals surface area contributed by atoms with Gasteiger partial charge in [0.15, 0.2) is 0 Å². The van der Waals surface area contributed by atoms with Crippen molar-refractivity contribution in [1.29, 1.82) is 0 Å². The topological polar surface area (TPSA) is 52.1 Å². The minimum Gasteiger partial charge on any atom is -0.468 e. The maximum absolute atomic E-state index is 12.0. The van der Waals surface area contributed by atoms with E-state index < -0.39 is 5.25 Å². The molecule has 3 heterocycles. The first-order valence-electron chi connectivity index (χ1n) is 5.74. The maximum atomic E-state index is 12.0. The Morgan fingerprint density at radius 1 is 1.35 bits per heavy atom. The number of rotatable bonds is 4. The molecule has 1 unspecified atom stereocenters. The lowest BCUT2D eigenvalue weighted by Gasteiger charge is -2.12. The maximum Gasteiger partial charge on any atom is 0.323 e. The van der Waals surface area contributed by atoms with E-state index in [1.54, 1.807) is 22.7 Å². The van der Waals surface area contributed by atoms with Crippen molar-refractivity contribution in [3.05, 3.63) is 40.2 Å². The molecular weight excluding hydrogens is 312 g/mol. The van der Waals surface area contributed by atoms with Crippen molar-refractivity contribution < 1.29 is 9.53 Å². The van der Waals surface area contributed by atoms with Crippen LogP contribution in [0.5, 0.6) is 0 Å². The SMILES string of the molecule is COC(=O)C(Sc1ncnc2ccsc12)c1ccsc1. The summed E-state index contributed by atoms with van der Waals surface area (Å²) in [5, 5.41) is 6.30. The minimum atomic E-state index is -0.397. The fraction of sp³-hybridized carbons (Fsp3) is 0.154. The number of methoxy groups -OCH3 is 1. The Morgan fingerprint density at radius 2 is 2.25 bits per heavy atom. The number of aromatic nitrogens is 2. The molecule has 4 nitrogen and oxygen atoms in total. The molecule has 3 aromatic rings. The van der Waals surface area contributed by atoms with Crippen molar-refractivity contribution in [2.75, 3.05) is 7.11 Å². The Labute approximate surface area is 127 Å². The zero-order valence-electron chi connectivity index (χ0n) is 10.5. The Hall–Kier alpha value is -1.44. The largest absolute Gasteiger partial charge is 0.468 e. The average Bonchev–Trinajstić information content (AvgIpc) is 3.14. The molecule has 7 heteroatoms. The Kier molecular flexibility index (Phi) is 4.00. The molecule has 3 aromatic heterocycles. The van der Waals surface area contributed by atoms with Crippen LogP contribution in [0.1, 0.15) is 10.8 Å². The molecule has 0 aliphatic heterocycles. The van der Waals surface area contributed by atoms with E-state index >= 15 is 0 Å². The van der Waals surface area contributed by atoms with E-state index in [-0.39, 0.29) is 5.97 Å². The lowest BCUT2D eigenvalue weighted by Crippen LogP contribution is -2.10. The quantitative estimate of drug-likeness (QED) is 0.416. The molecule has 0 saturated heterocycles. The summed E-state index contributed by atoms with van der Waals surface area (Å²) < 4.78 is 5.91. The molecule has 1 atom stereocenters. The first kappa shape index (κ1) is 13.5. The number of thiophene rings is 2. The molecule has 0 amide bonds. The number of esters is 1. The summed E-state index contributed by atoms with van der Waals surface area (Å²) in [7, 11) is 1.41. The predicted molar refractivity (Wildman–Crippen MR) is 82.3 cm³/mol. The number of ether oxygens (including phenoxy) is 1. The zero-order chi connectivity index (χ0) is 13.9. The van der Waals surface area contributed by atoms with Crippen molar-refractivity contribution in [2.45, 2.75) is 10.3 Å². The van der Waals surface area contributed by atoms with Gasteiger partial charge in [-0.1, -0.05) is 11.8 Å². The van der Waals surface area contributed by atoms with Crippen LogP contribution in [0, 0.1) is 0 Å². The van der Waals surface area contributed by atoms with Crippen molar-refractivity contribution in [2.24, 2.45) is 0 Å². The molecular formula is C13H10N2O2S3. The highest BCUT2D eigenvalue weighted by Crippen LogP contribution is 2.39. The Morgan fingerprint density at radius 3 is 3.00 bits per heavy atom. The Bertz CT molecular complexity index is 724. The summed E-state index contributed by atoms with van der Waals surface area (Å²) in [6.07, 6.45) is 1.53. The monoisotopic (exact) mass is 322 g/mol. The number of hydrogen-bond acceptors (Lipinski definition) is 7. The molecule has 0 N–H and O–H groups in total. The van der Waals surface area contributed by atoms with Crippen LogP contribution in [0.2, 0.25) is 0 Å². The summed E-state index contributed by atoms with van der Waals surface area (Å²) in [6.45, 7) is 0. The summed E-state index contributed by atoms with van der Waals surface area (Å²) >= 11 is 4.54. The highest BCUT2D eigenvalue weighted by molar-refractivity contribution is 8.00. The third-order valence-electron chi connectivity index (χ3n) is 2.70. The summed E-state index contributed by atoms with van der Waals surface area (Å²) in [4.78, 5) is 20.5. The second-order valence-electron chi connectivity index (χ2n) is 3.89. The van der Waals surface area contributed by atoms with E-state index in [9.17, 15) is 4.79 Å². The van der Waals surface area contributed by atoms with Crippen LogP contribution >= 0.6 is 34.4 Å². The first-order valence-corrected chi connectivity index (χ1v) is 8.44. The molecule has 0 saturated carbocycles. The average molecular weight is 322 g/mol. The van der Waals surface area contributed by atoms with Gasteiger partial charge in [0.2, 0.25) is 0 Å². The van der Waals surface area contributed by atoms with Crippen molar-refractivity contribution in [1.82, 2.24) is 9.97 Å². The number of thioether (sulfide) groups is 1. The molecule has 102 valence electrons. The van der Waals surface area contributed by atoms with Gasteiger partial charge in [0.25, 0.3) is 0 Å². The lowest BCUT2D eigenvalue weighted by molar-refractivity contribution is -0.140. The van der Waals surface area contributed by atoms with E-state index in [1.165, 1.54) is 25.2 Å². The number of fused-ring (bicyclic) bond motifs is 1. The highest BCUT2D eigenvalue weighted by atomic mass is 32.2. The van der Waals surface area contributed by atoms with Crippen LogP contribution in [0.25, 0.3) is 10.2 Å². The summed E-state index contributed by atoms with van der Waals surface area (Å²) in [5.74, 6) is -0.267. The molecule has 0 radical (unpaired) electrons. The number of carbonyl (C=O) groups excluding carboxylic acids is 1. The fourth-order valence-corrected chi connectivity index (χ4v) is 4.55. The summed E-state index contributed by atoms with van der Waals surface area (Å²) in [5.41, 5.74) is 1.84. The van der Waals surface area contributed by atoms with E-state index in [4.69, 9.17) is 4.74 Å². The first-order chi connectivity index (χ1) is 9.79. The second-order valence-corrected chi connectivity index (χ2v) is 6.68. The minimum absolute atomic E-state index is 0.267. The predicted octanol–water partition coefficient (Wildman–Crippen LogP) is 3.76. The van der Waals surface area contributed by atoms with Crippen molar-refractivity contribution in [3.8, 4) is 0 Å². The molecule has 3 rings (SSSR count). The lowest BCUT2D eigenvalue weighted by atomic mass is 10.2. The number of hydrogen-bond donors (Lipinski definition) is 0. The van der Waals surface area contributed by atoms with E-state index in [0.29, 0.717) is 0 Å². The summed E-state index contributed by atoms with van der Waals surface area (Å²) in [6, 6.07) is 3.88. The van der Waals surface area contributed by atoms with Crippen LogP contribution in [-0.4, -0.2) is 23.0 Å². The van der Waals surface area contributed by atoms with Crippen LogP contribution < -0.4 is 0 Å². The molecule has 0 aromatic carbocycles. The van der Waals surface area contributed by atoms with Crippen molar-refractivity contribution in [3.63, 3.8) is 0 Å². The third-order valence-corrected chi connectivity index (χ3v) is 5.68. The van der Waals surface area contributed by atoms with Gasteiger partial charge in [-0.05, 0) is 33.8 Å². The van der Waals surface area contributed by atoms with Gasteiger partial charge < -0.3 is 4.74 Å². The van der Waals surface area contributed by atoms with Crippen LogP contribution in [0.15, 0.2) is 39.6 Å². The molecule has 0 spiro atoms. The van der Waals surface area contributed by atoms with Gasteiger partial charge in [-0.3, -0.25) is 4.79 Å². The van der Waals surface area contributed by atoms with Crippen LogP contribution in [0.4, 0.5) is 0 Å². The molecule has 0 aliphatic carbocycles. The number of nitrogens with zero attached hydrogens (tertiary/aromatic N) is 2. The highest BCUT2D eigenvalue weighted by Gasteiger charge is 2.25. The van der Waals surface area contributed by atoms with Gasteiger partial charge in [-0.25, -0.2) is 9.97 Å². The van der Waals surface area contributed by atoms with E-state index in [1.807, 2.05) is 28.3 Å². The van der Waals surface area contributed by atoms with Gasteiger partial charge in [0.05, 0.1) is 17.3 Å². The van der Waals surface area contributed by atoms with Crippen LogP contribution in [0.3, 0.4) is 0 Å². The third kappa shape index (κ3) is 2.56. The molecule has 0 aliphatic rings. The normalized spacial score (nSPS) is 12.4. The smallest absolute Gasteiger partial charge is 0.323 e. The zero-order valence-corrected chi connectivity index (χ0v) is 12.9. The molecule has 0 fully saturated rings. The Balaban J connectivity index is 1.97. The van der Waals surface area contributed by atoms with Crippen LogP contribution in [-0.2, 0) is 9.53 Å². The second kappa shape index (κ2) is 5.90.